The minimum Gasteiger partial charge on any atom is -0.350 e. The third-order valence-corrected chi connectivity index (χ3v) is 7.46. The third-order valence-electron chi connectivity index (χ3n) is 5.39. The molecule has 0 aliphatic rings. The fourth-order valence-corrected chi connectivity index (χ4v) is 5.25. The molecule has 0 radical (unpaired) electrons. The lowest BCUT2D eigenvalue weighted by Crippen LogP contribution is -2.55. The topological polar surface area (TPSA) is 86.8 Å². The van der Waals surface area contributed by atoms with Crippen LogP contribution in [0.15, 0.2) is 36.4 Å². The molecule has 0 saturated carbocycles. The fourth-order valence-electron chi connectivity index (χ4n) is 3.67. The van der Waals surface area contributed by atoms with Crippen LogP contribution < -0.4 is 9.62 Å². The second-order valence-electron chi connectivity index (χ2n) is 9.59. The monoisotopic (exact) mass is 575 g/mol. The molecule has 36 heavy (non-hydrogen) atoms. The number of anilines is 1. The second-order valence-corrected chi connectivity index (χ2v) is 12.7. The van der Waals surface area contributed by atoms with Gasteiger partial charge in [-0.15, -0.1) is 0 Å². The standard InChI is InChI=1S/C25H32Cl3N3O4S/c1-7-21(24(33)29-25(3,4)5)30(14-18-19(27)9-8-10-20(18)28)23(32)15-31(36(6,34)35)22-13-17(26)12-11-16(22)2/h8-13,21H,7,14-15H2,1-6H3,(H,29,33). The van der Waals surface area contributed by atoms with Gasteiger partial charge in [-0.25, -0.2) is 8.42 Å². The maximum atomic E-state index is 13.8. The smallest absolute Gasteiger partial charge is 0.244 e. The highest BCUT2D eigenvalue weighted by Crippen LogP contribution is 2.29. The van der Waals surface area contributed by atoms with Gasteiger partial charge in [0.2, 0.25) is 21.8 Å². The average Bonchev–Trinajstić information content (AvgIpc) is 2.73. The van der Waals surface area contributed by atoms with Crippen molar-refractivity contribution in [2.45, 2.75) is 59.2 Å². The Morgan fingerprint density at radius 2 is 1.64 bits per heavy atom. The van der Waals surface area contributed by atoms with Gasteiger partial charge in [0.05, 0.1) is 11.9 Å². The van der Waals surface area contributed by atoms with Crippen LogP contribution in [0.4, 0.5) is 5.69 Å². The lowest BCUT2D eigenvalue weighted by atomic mass is 10.1. The normalized spacial score (nSPS) is 12.7. The number of nitrogens with zero attached hydrogens (tertiary/aromatic N) is 2. The van der Waals surface area contributed by atoms with Crippen LogP contribution in [0.2, 0.25) is 15.1 Å². The van der Waals surface area contributed by atoms with Gasteiger partial charge >= 0.3 is 0 Å². The highest BCUT2D eigenvalue weighted by Gasteiger charge is 2.34. The first-order valence-corrected chi connectivity index (χ1v) is 14.3. The van der Waals surface area contributed by atoms with E-state index < -0.39 is 34.1 Å². The van der Waals surface area contributed by atoms with Crippen molar-refractivity contribution in [2.24, 2.45) is 0 Å². The Morgan fingerprint density at radius 3 is 2.14 bits per heavy atom. The van der Waals surface area contributed by atoms with E-state index >= 15 is 0 Å². The molecule has 0 aliphatic carbocycles. The summed E-state index contributed by atoms with van der Waals surface area (Å²) in [6.07, 6.45) is 1.30. The zero-order valence-corrected chi connectivity index (χ0v) is 24.3. The van der Waals surface area contributed by atoms with Crippen molar-refractivity contribution in [2.75, 3.05) is 17.1 Å². The number of nitrogens with one attached hydrogen (secondary N) is 1. The lowest BCUT2D eigenvalue weighted by molar-refractivity contribution is -0.141. The van der Waals surface area contributed by atoms with Crippen molar-refractivity contribution >= 4 is 62.3 Å². The predicted octanol–water partition coefficient (Wildman–Crippen LogP) is 5.44. The van der Waals surface area contributed by atoms with E-state index in [-0.39, 0.29) is 24.6 Å². The molecule has 198 valence electrons. The van der Waals surface area contributed by atoms with E-state index in [0.717, 1.165) is 10.6 Å². The molecule has 2 aromatic rings. The number of halogens is 3. The van der Waals surface area contributed by atoms with E-state index in [2.05, 4.69) is 5.32 Å². The maximum Gasteiger partial charge on any atom is 0.244 e. The number of carbonyl (C=O) groups is 2. The summed E-state index contributed by atoms with van der Waals surface area (Å²) in [5.74, 6) is -0.960. The summed E-state index contributed by atoms with van der Waals surface area (Å²) < 4.78 is 26.5. The molecule has 11 heteroatoms. The predicted molar refractivity (Wildman–Crippen MR) is 147 cm³/mol. The van der Waals surface area contributed by atoms with Crippen LogP contribution in [0.3, 0.4) is 0 Å². The first kappa shape index (κ1) is 30.2. The van der Waals surface area contributed by atoms with Crippen molar-refractivity contribution in [3.8, 4) is 0 Å². The van der Waals surface area contributed by atoms with Gasteiger partial charge in [-0.1, -0.05) is 53.9 Å². The number of hydrogen-bond acceptors (Lipinski definition) is 4. The SMILES string of the molecule is CCC(C(=O)NC(C)(C)C)N(Cc1c(Cl)cccc1Cl)C(=O)CN(c1cc(Cl)ccc1C)S(C)(=O)=O. The largest absolute Gasteiger partial charge is 0.350 e. The molecule has 2 aromatic carbocycles. The quantitative estimate of drug-likeness (QED) is 0.430. The van der Waals surface area contributed by atoms with Crippen molar-refractivity contribution in [3.05, 3.63) is 62.6 Å². The molecule has 0 aliphatic heterocycles. The molecule has 1 atom stereocenters. The highest BCUT2D eigenvalue weighted by molar-refractivity contribution is 7.92. The Kier molecular flexibility index (Phi) is 10.1. The molecule has 0 spiro atoms. The lowest BCUT2D eigenvalue weighted by Gasteiger charge is -2.35. The van der Waals surface area contributed by atoms with Gasteiger partial charge in [0.15, 0.2) is 0 Å². The van der Waals surface area contributed by atoms with E-state index in [1.165, 1.54) is 11.0 Å². The van der Waals surface area contributed by atoms with Crippen molar-refractivity contribution in [1.29, 1.82) is 0 Å². The highest BCUT2D eigenvalue weighted by atomic mass is 35.5. The number of amides is 2. The molecule has 2 amide bonds. The van der Waals surface area contributed by atoms with Crippen LogP contribution in [-0.4, -0.2) is 49.5 Å². The molecule has 7 nitrogen and oxygen atoms in total. The van der Waals surface area contributed by atoms with E-state index in [4.69, 9.17) is 34.8 Å². The number of sulfonamides is 1. The maximum absolute atomic E-state index is 13.8. The van der Waals surface area contributed by atoms with Crippen LogP contribution in [-0.2, 0) is 26.2 Å². The van der Waals surface area contributed by atoms with E-state index in [9.17, 15) is 18.0 Å². The molecular weight excluding hydrogens is 545 g/mol. The Hall–Kier alpha value is -2.00. The molecule has 0 fully saturated rings. The van der Waals surface area contributed by atoms with Crippen molar-refractivity contribution < 1.29 is 18.0 Å². The number of rotatable bonds is 9. The van der Waals surface area contributed by atoms with Gasteiger partial charge in [0, 0.05) is 32.7 Å². The zero-order chi connectivity index (χ0) is 27.4. The zero-order valence-electron chi connectivity index (χ0n) is 21.2. The van der Waals surface area contributed by atoms with Crippen molar-refractivity contribution in [3.63, 3.8) is 0 Å². The molecule has 0 bridgehead atoms. The Balaban J connectivity index is 2.57. The van der Waals surface area contributed by atoms with E-state index in [0.29, 0.717) is 26.2 Å². The molecule has 1 N–H and O–H groups in total. The number of hydrogen-bond donors (Lipinski definition) is 1. The molecule has 1 unspecified atom stereocenters. The summed E-state index contributed by atoms with van der Waals surface area (Å²) in [5, 5.41) is 3.89. The Labute approximate surface area is 228 Å². The summed E-state index contributed by atoms with van der Waals surface area (Å²) >= 11 is 18.9. The van der Waals surface area contributed by atoms with Gasteiger partial charge in [-0.05, 0) is 63.9 Å². The number of benzene rings is 2. The molecular formula is C25H32Cl3N3O4S. The third kappa shape index (κ3) is 8.00. The second kappa shape index (κ2) is 12.0. The summed E-state index contributed by atoms with van der Waals surface area (Å²) in [7, 11) is -3.88. The van der Waals surface area contributed by atoms with Gasteiger partial charge in [0.25, 0.3) is 0 Å². The minimum atomic E-state index is -3.88. The van der Waals surface area contributed by atoms with Crippen molar-refractivity contribution in [1.82, 2.24) is 10.2 Å². The number of carbonyl (C=O) groups excluding carboxylic acids is 2. The van der Waals surface area contributed by atoms with Crippen LogP contribution in [0, 0.1) is 6.92 Å². The van der Waals surface area contributed by atoms with Gasteiger partial charge in [-0.3, -0.25) is 13.9 Å². The summed E-state index contributed by atoms with van der Waals surface area (Å²) in [4.78, 5) is 28.3. The molecule has 0 aromatic heterocycles. The van der Waals surface area contributed by atoms with Crippen LogP contribution in [0.5, 0.6) is 0 Å². The fraction of sp³-hybridized carbons (Fsp3) is 0.440. The minimum absolute atomic E-state index is 0.0838. The van der Waals surface area contributed by atoms with E-state index in [1.54, 1.807) is 44.2 Å². The first-order valence-electron chi connectivity index (χ1n) is 11.3. The van der Waals surface area contributed by atoms with Crippen LogP contribution >= 0.6 is 34.8 Å². The molecule has 0 heterocycles. The van der Waals surface area contributed by atoms with Gasteiger partial charge < -0.3 is 10.2 Å². The first-order chi connectivity index (χ1) is 16.5. The summed E-state index contributed by atoms with van der Waals surface area (Å²) in [6, 6.07) is 8.86. The Morgan fingerprint density at radius 1 is 1.06 bits per heavy atom. The summed E-state index contributed by atoms with van der Waals surface area (Å²) in [5.41, 5.74) is 0.816. The molecule has 2 rings (SSSR count). The molecule has 0 saturated heterocycles. The summed E-state index contributed by atoms with van der Waals surface area (Å²) in [6.45, 7) is 8.38. The van der Waals surface area contributed by atoms with E-state index in [1.807, 2.05) is 20.8 Å². The van der Waals surface area contributed by atoms with Gasteiger partial charge in [-0.2, -0.15) is 0 Å². The van der Waals surface area contributed by atoms with Gasteiger partial charge in [0.1, 0.15) is 12.6 Å². The van der Waals surface area contributed by atoms with Crippen LogP contribution in [0.25, 0.3) is 0 Å². The average molecular weight is 577 g/mol. The number of aryl methyl sites for hydroxylation is 1. The van der Waals surface area contributed by atoms with Crippen LogP contribution in [0.1, 0.15) is 45.2 Å². The Bertz CT molecular complexity index is 1210.